The van der Waals surface area contributed by atoms with Crippen molar-refractivity contribution < 1.29 is 22.7 Å². The van der Waals surface area contributed by atoms with Gasteiger partial charge in [-0.3, -0.25) is 9.78 Å². The molecule has 4 N–H and O–H groups in total. The number of pyridine rings is 2. The van der Waals surface area contributed by atoms with E-state index in [2.05, 4.69) is 9.97 Å². The van der Waals surface area contributed by atoms with Gasteiger partial charge in [-0.25, -0.2) is 4.98 Å². The molecule has 1 saturated carbocycles. The van der Waals surface area contributed by atoms with Crippen molar-refractivity contribution in [1.29, 1.82) is 0 Å². The van der Waals surface area contributed by atoms with Crippen LogP contribution < -0.4 is 11.5 Å². The molecular formula is C23H22F3N5O2. The number of hydrogen-bond acceptors (Lipinski definition) is 6. The van der Waals surface area contributed by atoms with E-state index in [1.54, 1.807) is 23.1 Å². The molecule has 1 amide bonds. The van der Waals surface area contributed by atoms with Gasteiger partial charge in [0, 0.05) is 34.8 Å². The van der Waals surface area contributed by atoms with Crippen LogP contribution in [0.1, 0.15) is 52.2 Å². The highest BCUT2D eigenvalue weighted by Gasteiger charge is 2.42. The SMILES string of the molecule is CC1OCc2c1c(N)nc1ccc(C(=O)N(Cc3ccc(C(F)(F)F)cn3)C3CC3N)cc21. The molecule has 172 valence electrons. The third-order valence-electron chi connectivity index (χ3n) is 6.25. The Kier molecular flexibility index (Phi) is 5.02. The van der Waals surface area contributed by atoms with Crippen LogP contribution in [0, 0.1) is 0 Å². The second kappa shape index (κ2) is 7.67. The summed E-state index contributed by atoms with van der Waals surface area (Å²) in [5, 5.41) is 0.794. The molecule has 1 fully saturated rings. The highest BCUT2D eigenvalue weighted by Crippen LogP contribution is 2.38. The minimum absolute atomic E-state index is 0.0611. The Labute approximate surface area is 187 Å². The quantitative estimate of drug-likeness (QED) is 0.620. The number of hydrogen-bond donors (Lipinski definition) is 2. The van der Waals surface area contributed by atoms with Crippen LogP contribution in [0.2, 0.25) is 0 Å². The summed E-state index contributed by atoms with van der Waals surface area (Å²) in [7, 11) is 0. The number of benzene rings is 1. The first-order valence-corrected chi connectivity index (χ1v) is 10.6. The van der Waals surface area contributed by atoms with Crippen molar-refractivity contribution in [2.45, 2.75) is 50.9 Å². The van der Waals surface area contributed by atoms with Crippen LogP contribution in [-0.2, 0) is 24.1 Å². The average molecular weight is 457 g/mol. The molecule has 10 heteroatoms. The molecule has 3 heterocycles. The lowest BCUT2D eigenvalue weighted by Gasteiger charge is -2.23. The van der Waals surface area contributed by atoms with Crippen molar-refractivity contribution in [3.63, 3.8) is 0 Å². The molecule has 1 aliphatic carbocycles. The van der Waals surface area contributed by atoms with Crippen LogP contribution in [0.15, 0.2) is 36.5 Å². The minimum atomic E-state index is -4.47. The van der Waals surface area contributed by atoms with Crippen molar-refractivity contribution in [3.8, 4) is 0 Å². The molecule has 3 atom stereocenters. The lowest BCUT2D eigenvalue weighted by molar-refractivity contribution is -0.137. The van der Waals surface area contributed by atoms with Crippen molar-refractivity contribution in [2.75, 3.05) is 5.73 Å². The number of nitrogens with zero attached hydrogens (tertiary/aromatic N) is 3. The number of ether oxygens (including phenoxy) is 1. The number of alkyl halides is 3. The molecule has 3 unspecified atom stereocenters. The molecule has 1 aromatic carbocycles. The van der Waals surface area contributed by atoms with E-state index in [0.29, 0.717) is 35.6 Å². The number of nitrogens with two attached hydrogens (primary N) is 2. The maximum Gasteiger partial charge on any atom is 0.417 e. The zero-order valence-electron chi connectivity index (χ0n) is 17.8. The second-order valence-electron chi connectivity index (χ2n) is 8.51. The Morgan fingerprint density at radius 1 is 1.27 bits per heavy atom. The van der Waals surface area contributed by atoms with Gasteiger partial charge in [-0.05, 0) is 49.2 Å². The zero-order chi connectivity index (χ0) is 23.5. The number of halogens is 3. The Morgan fingerprint density at radius 2 is 2.03 bits per heavy atom. The van der Waals surface area contributed by atoms with Gasteiger partial charge in [0.05, 0.1) is 36.0 Å². The predicted molar refractivity (Wildman–Crippen MR) is 115 cm³/mol. The molecule has 33 heavy (non-hydrogen) atoms. The number of rotatable bonds is 4. The first-order chi connectivity index (χ1) is 15.6. The van der Waals surface area contributed by atoms with Crippen LogP contribution in [0.4, 0.5) is 19.0 Å². The summed E-state index contributed by atoms with van der Waals surface area (Å²) in [6, 6.07) is 7.06. The van der Waals surface area contributed by atoms with Crippen LogP contribution in [-0.4, -0.2) is 32.9 Å². The average Bonchev–Trinajstić information content (AvgIpc) is 3.36. The first-order valence-electron chi connectivity index (χ1n) is 10.6. The van der Waals surface area contributed by atoms with Gasteiger partial charge in [-0.15, -0.1) is 0 Å². The summed E-state index contributed by atoms with van der Waals surface area (Å²) >= 11 is 0. The Morgan fingerprint density at radius 3 is 2.67 bits per heavy atom. The number of amides is 1. The number of nitrogen functional groups attached to an aromatic ring is 1. The van der Waals surface area contributed by atoms with Crippen molar-refractivity contribution in [1.82, 2.24) is 14.9 Å². The van der Waals surface area contributed by atoms with E-state index in [4.69, 9.17) is 16.2 Å². The van der Waals surface area contributed by atoms with Gasteiger partial charge >= 0.3 is 6.18 Å². The van der Waals surface area contributed by atoms with Crippen LogP contribution in [0.25, 0.3) is 10.9 Å². The Hall–Kier alpha value is -3.24. The van der Waals surface area contributed by atoms with Crippen LogP contribution in [0.5, 0.6) is 0 Å². The van der Waals surface area contributed by atoms with Gasteiger partial charge in [-0.1, -0.05) is 0 Å². The van der Waals surface area contributed by atoms with Gasteiger partial charge < -0.3 is 21.1 Å². The summed E-state index contributed by atoms with van der Waals surface area (Å²) < 4.78 is 44.3. The maximum atomic E-state index is 13.5. The number of aromatic nitrogens is 2. The predicted octanol–water partition coefficient (Wildman–Crippen LogP) is 3.56. The fourth-order valence-corrected chi connectivity index (χ4v) is 4.32. The lowest BCUT2D eigenvalue weighted by Crippen LogP contribution is -2.36. The van der Waals surface area contributed by atoms with E-state index in [9.17, 15) is 18.0 Å². The third-order valence-corrected chi connectivity index (χ3v) is 6.25. The molecule has 3 aromatic rings. The summed E-state index contributed by atoms with van der Waals surface area (Å²) in [5.41, 5.74) is 14.5. The Bertz CT molecular complexity index is 1250. The van der Waals surface area contributed by atoms with E-state index in [0.717, 1.165) is 28.8 Å². The van der Waals surface area contributed by atoms with E-state index in [1.165, 1.54) is 6.07 Å². The zero-order valence-corrected chi connectivity index (χ0v) is 17.8. The third kappa shape index (κ3) is 3.89. The van der Waals surface area contributed by atoms with Gasteiger partial charge in [0.1, 0.15) is 5.82 Å². The molecule has 0 saturated heterocycles. The molecular weight excluding hydrogens is 435 g/mol. The van der Waals surface area contributed by atoms with Crippen LogP contribution >= 0.6 is 0 Å². The first kappa shape index (κ1) is 21.6. The number of anilines is 1. The maximum absolute atomic E-state index is 13.5. The highest BCUT2D eigenvalue weighted by molar-refractivity contribution is 5.99. The molecule has 0 spiro atoms. The Balaban J connectivity index is 1.47. The smallest absolute Gasteiger partial charge is 0.383 e. The standard InChI is InChI=1S/C23H22F3N5O2/c1-11-20-16(10-33-11)15-6-12(2-5-18(15)30-21(20)28)22(32)31(19-7-17(19)27)9-14-4-3-13(8-29-14)23(24,25)26/h2-6,8,11,17,19H,7,9-10,27H2,1H3,(H2,28,30). The molecule has 0 bridgehead atoms. The molecule has 1 aliphatic heterocycles. The number of fused-ring (bicyclic) bond motifs is 3. The van der Waals surface area contributed by atoms with Gasteiger partial charge in [0.15, 0.2) is 0 Å². The van der Waals surface area contributed by atoms with E-state index >= 15 is 0 Å². The molecule has 7 nitrogen and oxygen atoms in total. The normalized spacial score (nSPS) is 21.8. The summed E-state index contributed by atoms with van der Waals surface area (Å²) in [5.74, 6) is 0.148. The van der Waals surface area contributed by atoms with Crippen LogP contribution in [0.3, 0.4) is 0 Å². The second-order valence-corrected chi connectivity index (χ2v) is 8.51. The number of carbonyl (C=O) groups excluding carboxylic acids is 1. The van der Waals surface area contributed by atoms with E-state index in [-0.39, 0.29) is 30.6 Å². The fraction of sp³-hybridized carbons (Fsp3) is 0.348. The summed E-state index contributed by atoms with van der Waals surface area (Å²) in [6.07, 6.45) is -3.24. The molecule has 2 aromatic heterocycles. The van der Waals surface area contributed by atoms with Gasteiger partial charge in [0.2, 0.25) is 0 Å². The molecule has 5 rings (SSSR count). The largest absolute Gasteiger partial charge is 0.417 e. The van der Waals surface area contributed by atoms with Gasteiger partial charge in [-0.2, -0.15) is 13.2 Å². The highest BCUT2D eigenvalue weighted by atomic mass is 19.4. The molecule has 2 aliphatic rings. The van der Waals surface area contributed by atoms with E-state index in [1.807, 2.05) is 6.92 Å². The monoisotopic (exact) mass is 457 g/mol. The van der Waals surface area contributed by atoms with Crippen molar-refractivity contribution in [2.24, 2.45) is 5.73 Å². The lowest BCUT2D eigenvalue weighted by atomic mass is 10.00. The summed E-state index contributed by atoms with van der Waals surface area (Å²) in [4.78, 5) is 23.4. The molecule has 0 radical (unpaired) electrons. The number of carbonyl (C=O) groups is 1. The summed E-state index contributed by atoms with van der Waals surface area (Å²) in [6.45, 7) is 2.34. The van der Waals surface area contributed by atoms with Crippen molar-refractivity contribution in [3.05, 3.63) is 64.5 Å². The minimum Gasteiger partial charge on any atom is -0.383 e. The topological polar surface area (TPSA) is 107 Å². The van der Waals surface area contributed by atoms with Gasteiger partial charge in [0.25, 0.3) is 5.91 Å². The van der Waals surface area contributed by atoms with E-state index < -0.39 is 11.7 Å². The van der Waals surface area contributed by atoms with Crippen molar-refractivity contribution >= 4 is 22.6 Å². The fourth-order valence-electron chi connectivity index (χ4n) is 4.32.